The maximum atomic E-state index is 11.5. The molecule has 13 heavy (non-hydrogen) atoms. The number of nitrogens with two attached hydrogens (primary N) is 1. The van der Waals surface area contributed by atoms with Gasteiger partial charge < -0.3 is 15.2 Å². The van der Waals surface area contributed by atoms with Crippen molar-refractivity contribution in [1.82, 2.24) is 0 Å². The van der Waals surface area contributed by atoms with Crippen molar-refractivity contribution in [3.05, 3.63) is 0 Å². The van der Waals surface area contributed by atoms with Crippen molar-refractivity contribution in [1.29, 1.82) is 0 Å². The molecule has 0 amide bonds. The van der Waals surface area contributed by atoms with Gasteiger partial charge in [0.2, 0.25) is 0 Å². The number of fused-ring (bicyclic) bond motifs is 2. The van der Waals surface area contributed by atoms with Crippen LogP contribution in [0.3, 0.4) is 0 Å². The molecular weight excluding hydrogens is 170 g/mol. The monoisotopic (exact) mass is 185 g/mol. The van der Waals surface area contributed by atoms with Gasteiger partial charge in [-0.05, 0) is 19.8 Å². The minimum atomic E-state index is -0.223. The highest BCUT2D eigenvalue weighted by Gasteiger charge is 2.51. The van der Waals surface area contributed by atoms with Crippen molar-refractivity contribution in [2.45, 2.75) is 38.0 Å². The molecule has 4 atom stereocenters. The largest absolute Gasteiger partial charge is 0.466 e. The van der Waals surface area contributed by atoms with Gasteiger partial charge in [0, 0.05) is 6.04 Å². The average Bonchev–Trinajstić information content (AvgIpc) is 2.63. The van der Waals surface area contributed by atoms with Crippen LogP contribution >= 0.6 is 0 Å². The van der Waals surface area contributed by atoms with Crippen molar-refractivity contribution in [3.63, 3.8) is 0 Å². The van der Waals surface area contributed by atoms with Gasteiger partial charge in [-0.15, -0.1) is 0 Å². The van der Waals surface area contributed by atoms with Crippen molar-refractivity contribution in [3.8, 4) is 0 Å². The number of hydrogen-bond donors (Lipinski definition) is 1. The zero-order valence-electron chi connectivity index (χ0n) is 7.73. The molecule has 0 aromatic carbocycles. The maximum absolute atomic E-state index is 11.5. The van der Waals surface area contributed by atoms with Gasteiger partial charge >= 0.3 is 5.97 Å². The maximum Gasteiger partial charge on any atom is 0.313 e. The number of carbonyl (C=O) groups is 1. The van der Waals surface area contributed by atoms with E-state index in [-0.39, 0.29) is 30.1 Å². The van der Waals surface area contributed by atoms with E-state index in [2.05, 4.69) is 0 Å². The molecule has 0 aromatic heterocycles. The lowest BCUT2D eigenvalue weighted by atomic mass is 9.85. The van der Waals surface area contributed by atoms with Gasteiger partial charge in [-0.2, -0.15) is 0 Å². The molecule has 0 saturated carbocycles. The van der Waals surface area contributed by atoms with Gasteiger partial charge in [-0.3, -0.25) is 4.79 Å². The Morgan fingerprint density at radius 1 is 1.54 bits per heavy atom. The summed E-state index contributed by atoms with van der Waals surface area (Å²) in [6.45, 7) is 2.22. The molecule has 2 aliphatic rings. The minimum Gasteiger partial charge on any atom is -0.466 e. The third kappa shape index (κ3) is 1.34. The molecule has 2 rings (SSSR count). The molecule has 2 bridgehead atoms. The summed E-state index contributed by atoms with van der Waals surface area (Å²) in [6.07, 6.45) is 2.03. The van der Waals surface area contributed by atoms with E-state index in [0.29, 0.717) is 6.61 Å². The van der Waals surface area contributed by atoms with E-state index in [1.807, 2.05) is 0 Å². The van der Waals surface area contributed by atoms with Gasteiger partial charge in [0.1, 0.15) is 5.92 Å². The summed E-state index contributed by atoms with van der Waals surface area (Å²) in [4.78, 5) is 11.5. The molecule has 2 N–H and O–H groups in total. The van der Waals surface area contributed by atoms with Crippen LogP contribution in [0.15, 0.2) is 0 Å². The second kappa shape index (κ2) is 3.27. The first-order valence-corrected chi connectivity index (χ1v) is 4.81. The fourth-order valence-electron chi connectivity index (χ4n) is 2.26. The number of ether oxygens (including phenoxy) is 2. The number of esters is 1. The average molecular weight is 185 g/mol. The van der Waals surface area contributed by atoms with E-state index in [1.165, 1.54) is 0 Å². The fourth-order valence-corrected chi connectivity index (χ4v) is 2.26. The molecule has 2 heterocycles. The molecule has 2 fully saturated rings. The summed E-state index contributed by atoms with van der Waals surface area (Å²) in [5, 5.41) is 0. The standard InChI is InChI=1S/C9H15NO3/c1-2-12-9(11)7-5-3-4-6(13-5)8(7)10/h5-8H,2-4,10H2,1H3/t5-,6+,7-,8-/m0/s1. The summed E-state index contributed by atoms with van der Waals surface area (Å²) in [5.74, 6) is -0.416. The van der Waals surface area contributed by atoms with Crippen molar-refractivity contribution in [2.75, 3.05) is 6.61 Å². The summed E-state index contributed by atoms with van der Waals surface area (Å²) in [6, 6.07) is -0.155. The Bertz CT molecular complexity index is 217. The quantitative estimate of drug-likeness (QED) is 0.618. The molecule has 4 heteroatoms. The van der Waals surface area contributed by atoms with Gasteiger partial charge in [0.25, 0.3) is 0 Å². The molecule has 0 unspecified atom stereocenters. The van der Waals surface area contributed by atoms with Gasteiger partial charge in [0.15, 0.2) is 0 Å². The number of carbonyl (C=O) groups excluding carboxylic acids is 1. The Hall–Kier alpha value is -0.610. The zero-order valence-corrected chi connectivity index (χ0v) is 7.73. The van der Waals surface area contributed by atoms with Crippen LogP contribution in [-0.4, -0.2) is 30.8 Å². The van der Waals surface area contributed by atoms with Gasteiger partial charge in [0.05, 0.1) is 18.8 Å². The molecule has 0 aromatic rings. The van der Waals surface area contributed by atoms with E-state index < -0.39 is 0 Å². The fraction of sp³-hybridized carbons (Fsp3) is 0.889. The van der Waals surface area contributed by atoms with Crippen LogP contribution in [0.4, 0.5) is 0 Å². The minimum absolute atomic E-state index is 0.0130. The smallest absolute Gasteiger partial charge is 0.313 e. The Morgan fingerprint density at radius 2 is 2.23 bits per heavy atom. The third-order valence-corrected chi connectivity index (χ3v) is 2.89. The first-order valence-electron chi connectivity index (χ1n) is 4.81. The van der Waals surface area contributed by atoms with E-state index in [1.54, 1.807) is 6.92 Å². The molecule has 0 radical (unpaired) electrons. The van der Waals surface area contributed by atoms with Crippen LogP contribution in [0.25, 0.3) is 0 Å². The first kappa shape index (κ1) is 8.97. The van der Waals surface area contributed by atoms with Crippen LogP contribution in [0.1, 0.15) is 19.8 Å². The van der Waals surface area contributed by atoms with Crippen LogP contribution in [0.5, 0.6) is 0 Å². The Labute approximate surface area is 77.4 Å². The third-order valence-electron chi connectivity index (χ3n) is 2.89. The van der Waals surface area contributed by atoms with E-state index >= 15 is 0 Å². The Kier molecular flexibility index (Phi) is 2.26. The van der Waals surface area contributed by atoms with E-state index in [9.17, 15) is 4.79 Å². The summed E-state index contributed by atoms with van der Waals surface area (Å²) >= 11 is 0. The van der Waals surface area contributed by atoms with E-state index in [4.69, 9.17) is 15.2 Å². The van der Waals surface area contributed by atoms with E-state index in [0.717, 1.165) is 12.8 Å². The van der Waals surface area contributed by atoms with Crippen molar-refractivity contribution in [2.24, 2.45) is 11.7 Å². The SMILES string of the molecule is CCOC(=O)[C@@H]1[C@@H](N)[C@H]2CC[C@@H]1O2. The first-order chi connectivity index (χ1) is 6.24. The topological polar surface area (TPSA) is 61.5 Å². The molecule has 4 nitrogen and oxygen atoms in total. The lowest BCUT2D eigenvalue weighted by Gasteiger charge is -2.22. The second-order valence-electron chi connectivity index (χ2n) is 3.65. The highest BCUT2D eigenvalue weighted by Crippen LogP contribution is 2.38. The van der Waals surface area contributed by atoms with Crippen LogP contribution < -0.4 is 5.73 Å². The molecule has 2 saturated heterocycles. The highest BCUT2D eigenvalue weighted by atomic mass is 16.5. The van der Waals surface area contributed by atoms with Gasteiger partial charge in [-0.1, -0.05) is 0 Å². The lowest BCUT2D eigenvalue weighted by molar-refractivity contribution is -0.150. The van der Waals surface area contributed by atoms with Crippen LogP contribution in [-0.2, 0) is 14.3 Å². The molecule has 74 valence electrons. The van der Waals surface area contributed by atoms with Gasteiger partial charge in [-0.25, -0.2) is 0 Å². The van der Waals surface area contributed by atoms with Crippen LogP contribution in [0.2, 0.25) is 0 Å². The molecule has 0 spiro atoms. The molecule has 0 aliphatic carbocycles. The van der Waals surface area contributed by atoms with Crippen molar-refractivity contribution >= 4 is 5.97 Å². The Balaban J connectivity index is 2.03. The zero-order chi connectivity index (χ0) is 9.42. The Morgan fingerprint density at radius 3 is 2.77 bits per heavy atom. The van der Waals surface area contributed by atoms with Crippen LogP contribution in [0, 0.1) is 5.92 Å². The van der Waals surface area contributed by atoms with Crippen molar-refractivity contribution < 1.29 is 14.3 Å². The second-order valence-corrected chi connectivity index (χ2v) is 3.65. The molecular formula is C9H15NO3. The summed E-state index contributed by atoms with van der Waals surface area (Å²) < 4.78 is 10.5. The number of rotatable bonds is 2. The normalized spacial score (nSPS) is 42.3. The predicted molar refractivity (Wildman–Crippen MR) is 46.0 cm³/mol. The predicted octanol–water partition coefficient (Wildman–Crippen LogP) is 0.0542. The summed E-state index contributed by atoms with van der Waals surface area (Å²) in [7, 11) is 0. The number of hydrogen-bond acceptors (Lipinski definition) is 4. The molecule has 2 aliphatic heterocycles. The lowest BCUT2D eigenvalue weighted by Crippen LogP contribution is -2.44. The summed E-state index contributed by atoms with van der Waals surface area (Å²) in [5.41, 5.74) is 5.87. The highest BCUT2D eigenvalue weighted by molar-refractivity contribution is 5.74.